The molecule has 3 aromatic carbocycles. The van der Waals surface area contributed by atoms with Gasteiger partial charge in [0.15, 0.2) is 0 Å². The zero-order valence-electron chi connectivity index (χ0n) is 14.5. The Balaban J connectivity index is 1.68. The highest BCUT2D eigenvalue weighted by Gasteiger charge is 2.13. The van der Waals surface area contributed by atoms with Crippen LogP contribution in [0.2, 0.25) is 0 Å². The summed E-state index contributed by atoms with van der Waals surface area (Å²) in [6.45, 7) is 0. The van der Waals surface area contributed by atoms with Crippen LogP contribution in [0.25, 0.3) is 11.1 Å². The van der Waals surface area contributed by atoms with Gasteiger partial charge in [0.1, 0.15) is 5.75 Å². The van der Waals surface area contributed by atoms with E-state index in [0.717, 1.165) is 11.1 Å². The lowest BCUT2D eigenvalue weighted by atomic mass is 10.1. The number of methoxy groups -OCH3 is 1. The summed E-state index contributed by atoms with van der Waals surface area (Å²) in [6, 6.07) is 20.8. The number of nitro benzene ring substituents is 1. The Kier molecular flexibility index (Phi) is 5.32. The van der Waals surface area contributed by atoms with Crippen molar-refractivity contribution in [1.82, 2.24) is 0 Å². The monoisotopic (exact) mass is 363 g/mol. The van der Waals surface area contributed by atoms with Gasteiger partial charge in [0.2, 0.25) is 0 Å². The molecular weight excluding hydrogens is 346 g/mol. The Bertz CT molecular complexity index is 957. The van der Waals surface area contributed by atoms with Crippen LogP contribution in [0.5, 0.6) is 5.75 Å². The molecule has 0 aromatic heterocycles. The average molecular weight is 363 g/mol. The molecule has 3 aromatic rings. The molecule has 0 radical (unpaired) electrons. The Morgan fingerprint density at radius 2 is 1.59 bits per heavy atom. The number of hydrogen-bond acceptors (Lipinski definition) is 4. The van der Waals surface area contributed by atoms with Crippen LogP contribution >= 0.6 is 0 Å². The number of carbonyl (C=O) groups is 1. The maximum atomic E-state index is 12.2. The summed E-state index contributed by atoms with van der Waals surface area (Å²) in [5.41, 5.74) is 2.96. The van der Waals surface area contributed by atoms with Crippen molar-refractivity contribution in [2.24, 2.45) is 0 Å². The molecule has 0 atom stereocenters. The number of benzene rings is 3. The molecule has 2 amide bonds. The first-order valence-electron chi connectivity index (χ1n) is 8.13. The smallest absolute Gasteiger partial charge is 0.323 e. The molecule has 136 valence electrons. The summed E-state index contributed by atoms with van der Waals surface area (Å²) >= 11 is 0. The lowest BCUT2D eigenvalue weighted by Crippen LogP contribution is -2.19. The minimum absolute atomic E-state index is 0.116. The number of hydrogen-bond donors (Lipinski definition) is 2. The van der Waals surface area contributed by atoms with Crippen molar-refractivity contribution in [2.45, 2.75) is 0 Å². The molecular formula is C20H17N3O4. The van der Waals surface area contributed by atoms with E-state index in [1.807, 2.05) is 42.5 Å². The third-order valence-corrected chi connectivity index (χ3v) is 3.89. The van der Waals surface area contributed by atoms with Crippen LogP contribution in [-0.2, 0) is 0 Å². The van der Waals surface area contributed by atoms with Crippen molar-refractivity contribution >= 4 is 23.1 Å². The summed E-state index contributed by atoms with van der Waals surface area (Å²) in [5, 5.41) is 16.2. The van der Waals surface area contributed by atoms with Gasteiger partial charge in [-0.05, 0) is 29.3 Å². The number of non-ortho nitro benzene ring substituents is 1. The molecule has 3 rings (SSSR count). The van der Waals surface area contributed by atoms with Crippen molar-refractivity contribution in [3.8, 4) is 16.9 Å². The lowest BCUT2D eigenvalue weighted by molar-refractivity contribution is -0.384. The summed E-state index contributed by atoms with van der Waals surface area (Å²) in [5.74, 6) is 0.207. The predicted molar refractivity (Wildman–Crippen MR) is 104 cm³/mol. The van der Waals surface area contributed by atoms with Crippen LogP contribution < -0.4 is 15.4 Å². The van der Waals surface area contributed by atoms with Gasteiger partial charge in [0.25, 0.3) is 5.69 Å². The molecule has 0 fully saturated rings. The molecule has 0 spiro atoms. The number of nitrogens with one attached hydrogen (secondary N) is 2. The zero-order valence-corrected chi connectivity index (χ0v) is 14.5. The van der Waals surface area contributed by atoms with Crippen LogP contribution in [0, 0.1) is 10.1 Å². The molecule has 7 heteroatoms. The van der Waals surface area contributed by atoms with Gasteiger partial charge in [0.05, 0.1) is 23.8 Å². The van der Waals surface area contributed by atoms with Crippen molar-refractivity contribution in [1.29, 1.82) is 0 Å². The molecule has 0 aliphatic heterocycles. The SMILES string of the molecule is COc1cc([N+](=O)[O-])ccc1NC(=O)Nc1ccc(-c2ccccc2)cc1. The summed E-state index contributed by atoms with van der Waals surface area (Å²) in [6.07, 6.45) is 0. The van der Waals surface area contributed by atoms with E-state index in [1.165, 1.54) is 25.3 Å². The number of anilines is 2. The fraction of sp³-hybridized carbons (Fsp3) is 0.0500. The first kappa shape index (κ1) is 17.9. The molecule has 0 aliphatic rings. The molecule has 0 saturated carbocycles. The quantitative estimate of drug-likeness (QED) is 0.497. The van der Waals surface area contributed by atoms with Crippen molar-refractivity contribution < 1.29 is 14.5 Å². The summed E-state index contributed by atoms with van der Waals surface area (Å²) in [4.78, 5) is 22.5. The van der Waals surface area contributed by atoms with Crippen LogP contribution in [-0.4, -0.2) is 18.1 Å². The van der Waals surface area contributed by atoms with E-state index in [0.29, 0.717) is 11.4 Å². The molecule has 0 heterocycles. The Morgan fingerprint density at radius 3 is 2.22 bits per heavy atom. The minimum Gasteiger partial charge on any atom is -0.494 e. The number of carbonyl (C=O) groups excluding carboxylic acids is 1. The number of rotatable bonds is 5. The molecule has 2 N–H and O–H groups in total. The number of amides is 2. The molecule has 27 heavy (non-hydrogen) atoms. The molecule has 0 aliphatic carbocycles. The Labute approximate surface area is 155 Å². The van der Waals surface area contributed by atoms with Gasteiger partial charge in [-0.2, -0.15) is 0 Å². The van der Waals surface area contributed by atoms with Gasteiger partial charge in [-0.15, -0.1) is 0 Å². The maximum absolute atomic E-state index is 12.2. The standard InChI is InChI=1S/C20H17N3O4/c1-27-19-13-17(23(25)26)11-12-18(19)22-20(24)21-16-9-7-15(8-10-16)14-5-3-2-4-6-14/h2-13H,1H3,(H2,21,22,24). The van der Waals surface area contributed by atoms with Gasteiger partial charge in [0, 0.05) is 11.8 Å². The van der Waals surface area contributed by atoms with E-state index in [1.54, 1.807) is 12.1 Å². The van der Waals surface area contributed by atoms with Crippen LogP contribution in [0.1, 0.15) is 0 Å². The predicted octanol–water partition coefficient (Wildman–Crippen LogP) is 4.91. The highest BCUT2D eigenvalue weighted by atomic mass is 16.6. The second-order valence-corrected chi connectivity index (χ2v) is 5.66. The lowest BCUT2D eigenvalue weighted by Gasteiger charge is -2.11. The molecule has 7 nitrogen and oxygen atoms in total. The second kappa shape index (κ2) is 8.01. The fourth-order valence-electron chi connectivity index (χ4n) is 2.56. The van der Waals surface area contributed by atoms with E-state index in [-0.39, 0.29) is 11.4 Å². The van der Waals surface area contributed by atoms with E-state index < -0.39 is 11.0 Å². The van der Waals surface area contributed by atoms with Gasteiger partial charge in [-0.25, -0.2) is 4.79 Å². The Hall–Kier alpha value is -3.87. The van der Waals surface area contributed by atoms with Crippen LogP contribution in [0.4, 0.5) is 21.9 Å². The highest BCUT2D eigenvalue weighted by molar-refractivity contribution is 6.00. The third kappa shape index (κ3) is 4.40. The highest BCUT2D eigenvalue weighted by Crippen LogP contribution is 2.29. The Morgan fingerprint density at radius 1 is 0.926 bits per heavy atom. The maximum Gasteiger partial charge on any atom is 0.323 e. The van der Waals surface area contributed by atoms with E-state index in [2.05, 4.69) is 10.6 Å². The first-order valence-corrected chi connectivity index (χ1v) is 8.13. The number of nitrogens with zero attached hydrogens (tertiary/aromatic N) is 1. The van der Waals surface area contributed by atoms with Crippen LogP contribution in [0.3, 0.4) is 0 Å². The zero-order chi connectivity index (χ0) is 19.2. The summed E-state index contributed by atoms with van der Waals surface area (Å²) < 4.78 is 5.11. The number of ether oxygens (including phenoxy) is 1. The molecule has 0 bridgehead atoms. The molecule has 0 unspecified atom stereocenters. The van der Waals surface area contributed by atoms with Crippen molar-refractivity contribution in [3.05, 3.63) is 82.9 Å². The van der Waals surface area contributed by atoms with E-state index in [9.17, 15) is 14.9 Å². The molecule has 0 saturated heterocycles. The summed E-state index contributed by atoms with van der Waals surface area (Å²) in [7, 11) is 1.38. The van der Waals surface area contributed by atoms with Gasteiger partial charge in [-0.3, -0.25) is 10.1 Å². The van der Waals surface area contributed by atoms with Crippen molar-refractivity contribution in [2.75, 3.05) is 17.7 Å². The first-order chi connectivity index (χ1) is 13.1. The van der Waals surface area contributed by atoms with E-state index >= 15 is 0 Å². The fourth-order valence-corrected chi connectivity index (χ4v) is 2.56. The second-order valence-electron chi connectivity index (χ2n) is 5.66. The normalized spacial score (nSPS) is 10.1. The minimum atomic E-state index is -0.527. The van der Waals surface area contributed by atoms with E-state index in [4.69, 9.17) is 4.74 Å². The number of urea groups is 1. The average Bonchev–Trinajstić information content (AvgIpc) is 2.69. The number of nitro groups is 1. The van der Waals surface area contributed by atoms with Gasteiger partial charge >= 0.3 is 6.03 Å². The largest absolute Gasteiger partial charge is 0.494 e. The topological polar surface area (TPSA) is 93.5 Å². The van der Waals surface area contributed by atoms with Gasteiger partial charge in [-0.1, -0.05) is 42.5 Å². The van der Waals surface area contributed by atoms with Gasteiger partial charge < -0.3 is 15.4 Å². The van der Waals surface area contributed by atoms with Crippen LogP contribution in [0.15, 0.2) is 72.8 Å². The van der Waals surface area contributed by atoms with Crippen molar-refractivity contribution in [3.63, 3.8) is 0 Å². The third-order valence-electron chi connectivity index (χ3n) is 3.89.